The van der Waals surface area contributed by atoms with E-state index in [1.807, 2.05) is 0 Å². The van der Waals surface area contributed by atoms with Crippen molar-refractivity contribution >= 4 is 22.3 Å². The summed E-state index contributed by atoms with van der Waals surface area (Å²) in [6.07, 6.45) is 1.10. The summed E-state index contributed by atoms with van der Waals surface area (Å²) in [6, 6.07) is 0. The molecule has 0 saturated carbocycles. The number of primary amides is 1. The zero-order valence-electron chi connectivity index (χ0n) is 6.40. The number of carbonyl (C=O) groups is 1. The Balaban J connectivity index is 3.85. The summed E-state index contributed by atoms with van der Waals surface area (Å²) >= 11 is -2.32. The van der Waals surface area contributed by atoms with Gasteiger partial charge in [-0.15, -0.1) is 0 Å². The molecule has 0 spiro atoms. The maximum absolute atomic E-state index is 10.7. The molecule has 0 saturated heterocycles. The van der Waals surface area contributed by atoms with Gasteiger partial charge in [-0.2, -0.15) is 0 Å². The molecule has 9 heavy (non-hydrogen) atoms. The standard InChI is InChI=1S/C3H7.CH2NO.2CH3.Sn/c1-3-2;2-1-3;;;/h1,3H2,2H3;(H2,2,3);2*1H3;. The van der Waals surface area contributed by atoms with Gasteiger partial charge in [-0.25, -0.2) is 0 Å². The Morgan fingerprint density at radius 2 is 2.00 bits per heavy atom. The molecule has 0 radical (unpaired) electrons. The number of hydrogen-bond donors (Lipinski definition) is 1. The van der Waals surface area contributed by atoms with Crippen molar-refractivity contribution in [2.24, 2.45) is 5.73 Å². The van der Waals surface area contributed by atoms with Gasteiger partial charge >= 0.3 is 60.5 Å². The Morgan fingerprint density at radius 1 is 1.56 bits per heavy atom. The van der Waals surface area contributed by atoms with Crippen molar-refractivity contribution in [2.75, 3.05) is 0 Å². The minimum absolute atomic E-state index is 0.00569. The Hall–Kier alpha value is 0.269. The van der Waals surface area contributed by atoms with Gasteiger partial charge in [0.05, 0.1) is 0 Å². The molecule has 54 valence electrons. The summed E-state index contributed by atoms with van der Waals surface area (Å²) in [4.78, 5) is 14.9. The van der Waals surface area contributed by atoms with Crippen molar-refractivity contribution in [3.63, 3.8) is 0 Å². The molecule has 0 fully saturated rings. The molecule has 0 aromatic rings. The summed E-state index contributed by atoms with van der Waals surface area (Å²) in [5.41, 5.74) is 5.21. The molecule has 0 aromatic carbocycles. The SMILES string of the molecule is CC[CH2][Sn]([CH3])([CH3])[C](N)=O. The molecule has 0 unspecified atom stereocenters. The topological polar surface area (TPSA) is 43.1 Å². The normalized spacial score (nSPS) is 11.4. The molecule has 0 aromatic heterocycles. The summed E-state index contributed by atoms with van der Waals surface area (Å²) in [5, 5.41) is 0. The molecule has 2 N–H and O–H groups in total. The molecular weight excluding hydrogens is 221 g/mol. The van der Waals surface area contributed by atoms with Crippen LogP contribution in [-0.2, 0) is 0 Å². The molecule has 0 aliphatic rings. The number of carbonyl (C=O) groups excluding carboxylic acids is 1. The van der Waals surface area contributed by atoms with Crippen molar-refractivity contribution in [1.82, 2.24) is 0 Å². The van der Waals surface area contributed by atoms with Gasteiger partial charge in [-0.3, -0.25) is 0 Å². The summed E-state index contributed by atoms with van der Waals surface area (Å²) in [7, 11) is 0. The van der Waals surface area contributed by atoms with E-state index in [1.165, 1.54) is 0 Å². The van der Waals surface area contributed by atoms with Gasteiger partial charge in [0, 0.05) is 0 Å². The van der Waals surface area contributed by atoms with Crippen LogP contribution in [0.3, 0.4) is 0 Å². The monoisotopic (exact) mass is 237 g/mol. The summed E-state index contributed by atoms with van der Waals surface area (Å²) in [6.45, 7) is 2.10. The van der Waals surface area contributed by atoms with Gasteiger partial charge < -0.3 is 0 Å². The first-order chi connectivity index (χ1) is 4.00. The quantitative estimate of drug-likeness (QED) is 0.745. The molecule has 0 aliphatic heterocycles. The van der Waals surface area contributed by atoms with Crippen LogP contribution in [-0.4, -0.2) is 22.3 Å². The fourth-order valence-electron chi connectivity index (χ4n) is 0.748. The number of amides is 1. The van der Waals surface area contributed by atoms with E-state index in [9.17, 15) is 4.79 Å². The molecule has 0 rings (SSSR count). The Morgan fingerprint density at radius 3 is 2.11 bits per heavy atom. The van der Waals surface area contributed by atoms with E-state index in [4.69, 9.17) is 5.73 Å². The Kier molecular flexibility index (Phi) is 3.54. The van der Waals surface area contributed by atoms with E-state index in [2.05, 4.69) is 16.8 Å². The van der Waals surface area contributed by atoms with Crippen molar-refractivity contribution < 1.29 is 4.79 Å². The van der Waals surface area contributed by atoms with Crippen LogP contribution < -0.4 is 5.73 Å². The fraction of sp³-hybridized carbons (Fsp3) is 0.833. The van der Waals surface area contributed by atoms with E-state index in [0.29, 0.717) is 0 Å². The van der Waals surface area contributed by atoms with Crippen LogP contribution in [0, 0.1) is 0 Å². The van der Waals surface area contributed by atoms with E-state index < -0.39 is 18.4 Å². The Labute approximate surface area is 60.7 Å². The first kappa shape index (κ1) is 9.27. The van der Waals surface area contributed by atoms with Crippen molar-refractivity contribution in [3.05, 3.63) is 0 Å². The van der Waals surface area contributed by atoms with Crippen molar-refractivity contribution in [2.45, 2.75) is 27.7 Å². The first-order valence-corrected chi connectivity index (χ1v) is 12.5. The van der Waals surface area contributed by atoms with E-state index >= 15 is 0 Å². The predicted octanol–water partition coefficient (Wildman–Crippen LogP) is 1.77. The number of nitrogens with two attached hydrogens (primary N) is 1. The Bertz CT molecular complexity index is 112. The fourth-order valence-corrected chi connectivity index (χ4v) is 5.02. The third-order valence-electron chi connectivity index (χ3n) is 1.54. The van der Waals surface area contributed by atoms with E-state index in [1.54, 1.807) is 0 Å². The third-order valence-corrected chi connectivity index (χ3v) is 10.3. The molecular formula is C6H15NOSn. The van der Waals surface area contributed by atoms with Gasteiger partial charge in [0.15, 0.2) is 0 Å². The molecule has 0 bridgehead atoms. The van der Waals surface area contributed by atoms with Crippen LogP contribution in [0.2, 0.25) is 14.3 Å². The molecule has 3 heteroatoms. The van der Waals surface area contributed by atoms with Crippen LogP contribution in [0.15, 0.2) is 0 Å². The molecule has 0 aliphatic carbocycles. The molecule has 1 amide bonds. The van der Waals surface area contributed by atoms with E-state index in [-0.39, 0.29) is 3.92 Å². The summed E-state index contributed by atoms with van der Waals surface area (Å²) in [5.74, 6) is 0. The predicted molar refractivity (Wildman–Crippen MR) is 42.2 cm³/mol. The van der Waals surface area contributed by atoms with Crippen molar-refractivity contribution in [3.8, 4) is 0 Å². The van der Waals surface area contributed by atoms with Crippen molar-refractivity contribution in [1.29, 1.82) is 0 Å². The van der Waals surface area contributed by atoms with Gasteiger partial charge in [-0.1, -0.05) is 0 Å². The van der Waals surface area contributed by atoms with Crippen LogP contribution >= 0.6 is 0 Å². The maximum atomic E-state index is 10.7. The minimum atomic E-state index is -2.32. The molecule has 2 nitrogen and oxygen atoms in total. The number of hydrogen-bond acceptors (Lipinski definition) is 1. The van der Waals surface area contributed by atoms with E-state index in [0.717, 1.165) is 10.9 Å². The van der Waals surface area contributed by atoms with Gasteiger partial charge in [0.1, 0.15) is 0 Å². The van der Waals surface area contributed by atoms with Gasteiger partial charge in [-0.05, 0) is 0 Å². The molecule has 0 heterocycles. The van der Waals surface area contributed by atoms with Crippen LogP contribution in [0.4, 0.5) is 4.79 Å². The second kappa shape index (κ2) is 3.44. The second-order valence-corrected chi connectivity index (χ2v) is 16.6. The van der Waals surface area contributed by atoms with Crippen LogP contribution in [0.25, 0.3) is 0 Å². The molecule has 0 atom stereocenters. The van der Waals surface area contributed by atoms with Gasteiger partial charge in [0.2, 0.25) is 0 Å². The van der Waals surface area contributed by atoms with Crippen LogP contribution in [0.1, 0.15) is 13.3 Å². The summed E-state index contributed by atoms with van der Waals surface area (Å²) < 4.78 is 1.09. The average molecular weight is 236 g/mol. The zero-order valence-corrected chi connectivity index (χ0v) is 9.25. The first-order valence-electron chi connectivity index (χ1n) is 3.30. The van der Waals surface area contributed by atoms with Crippen LogP contribution in [0.5, 0.6) is 0 Å². The third kappa shape index (κ3) is 3.08. The zero-order chi connectivity index (χ0) is 7.49. The average Bonchev–Trinajstić information content (AvgIpc) is 1.65. The number of rotatable bonds is 3. The second-order valence-electron chi connectivity index (χ2n) is 3.00. The van der Waals surface area contributed by atoms with Gasteiger partial charge in [0.25, 0.3) is 0 Å².